The zero-order valence-electron chi connectivity index (χ0n) is 12.3. The van der Waals surface area contributed by atoms with Crippen molar-refractivity contribution in [3.05, 3.63) is 11.4 Å². The summed E-state index contributed by atoms with van der Waals surface area (Å²) in [5.41, 5.74) is 1.02. The van der Waals surface area contributed by atoms with Gasteiger partial charge in [0.25, 0.3) is 0 Å². The zero-order chi connectivity index (χ0) is 13.7. The molecule has 0 saturated heterocycles. The van der Waals surface area contributed by atoms with Crippen LogP contribution >= 0.6 is 0 Å². The van der Waals surface area contributed by atoms with Crippen LogP contribution < -0.4 is 10.1 Å². The molecular formula is C15H25N3O. The fourth-order valence-electron chi connectivity index (χ4n) is 2.26. The van der Waals surface area contributed by atoms with Crippen LogP contribution in [-0.2, 0) is 0 Å². The first kappa shape index (κ1) is 14.1. The van der Waals surface area contributed by atoms with E-state index in [1.807, 2.05) is 13.8 Å². The standard InChI is InChI=1S/C15H25N3O/c1-4-9-16-14-11(2)15(18-12(3)17-14)19-10-8-13-6-5-7-13/h13H,4-10H2,1-3H3,(H,16,17,18). The molecule has 19 heavy (non-hydrogen) atoms. The van der Waals surface area contributed by atoms with Gasteiger partial charge in [-0.3, -0.25) is 0 Å². The second-order valence-electron chi connectivity index (χ2n) is 5.41. The Hall–Kier alpha value is -1.32. The van der Waals surface area contributed by atoms with Crippen LogP contribution in [0.2, 0.25) is 0 Å². The Morgan fingerprint density at radius 3 is 2.68 bits per heavy atom. The van der Waals surface area contributed by atoms with Gasteiger partial charge in [0.15, 0.2) is 0 Å². The van der Waals surface area contributed by atoms with Gasteiger partial charge in [-0.15, -0.1) is 0 Å². The van der Waals surface area contributed by atoms with Crippen molar-refractivity contribution in [2.24, 2.45) is 5.92 Å². The van der Waals surface area contributed by atoms with Crippen LogP contribution in [0.3, 0.4) is 0 Å². The minimum atomic E-state index is 0.741. The minimum absolute atomic E-state index is 0.741. The fraction of sp³-hybridized carbons (Fsp3) is 0.733. The van der Waals surface area contributed by atoms with E-state index in [1.165, 1.54) is 19.3 Å². The Balaban J connectivity index is 1.95. The Labute approximate surface area is 116 Å². The van der Waals surface area contributed by atoms with Gasteiger partial charge < -0.3 is 10.1 Å². The van der Waals surface area contributed by atoms with Gasteiger partial charge in [-0.1, -0.05) is 26.2 Å². The van der Waals surface area contributed by atoms with Gasteiger partial charge in [-0.25, -0.2) is 4.98 Å². The molecule has 2 rings (SSSR count). The highest BCUT2D eigenvalue weighted by Crippen LogP contribution is 2.29. The number of anilines is 1. The maximum absolute atomic E-state index is 5.85. The van der Waals surface area contributed by atoms with E-state index < -0.39 is 0 Å². The third kappa shape index (κ3) is 3.82. The molecule has 0 bridgehead atoms. The van der Waals surface area contributed by atoms with E-state index in [2.05, 4.69) is 22.2 Å². The van der Waals surface area contributed by atoms with Crippen molar-refractivity contribution in [2.45, 2.75) is 52.9 Å². The SMILES string of the molecule is CCCNc1nc(C)nc(OCCC2CCC2)c1C. The number of aryl methyl sites for hydroxylation is 1. The number of ether oxygens (including phenoxy) is 1. The Kier molecular flexibility index (Phi) is 5.00. The molecule has 0 aromatic carbocycles. The molecule has 0 radical (unpaired) electrons. The Morgan fingerprint density at radius 1 is 1.26 bits per heavy atom. The molecule has 0 amide bonds. The lowest BCUT2D eigenvalue weighted by atomic mass is 9.83. The molecule has 4 heteroatoms. The van der Waals surface area contributed by atoms with Crippen molar-refractivity contribution in [1.29, 1.82) is 0 Å². The van der Waals surface area contributed by atoms with E-state index in [1.54, 1.807) is 0 Å². The Bertz CT molecular complexity index is 416. The van der Waals surface area contributed by atoms with Gasteiger partial charge >= 0.3 is 0 Å². The normalized spacial score (nSPS) is 15.1. The van der Waals surface area contributed by atoms with Crippen LogP contribution in [0.4, 0.5) is 5.82 Å². The van der Waals surface area contributed by atoms with Gasteiger partial charge in [0.2, 0.25) is 5.88 Å². The monoisotopic (exact) mass is 263 g/mol. The molecule has 1 N–H and O–H groups in total. The van der Waals surface area contributed by atoms with E-state index in [9.17, 15) is 0 Å². The quantitative estimate of drug-likeness (QED) is 0.818. The lowest BCUT2D eigenvalue weighted by Crippen LogP contribution is -2.15. The Morgan fingerprint density at radius 2 is 2.05 bits per heavy atom. The molecule has 0 spiro atoms. The van der Waals surface area contributed by atoms with Crippen LogP contribution in [0.1, 0.15) is 50.4 Å². The minimum Gasteiger partial charge on any atom is -0.477 e. The van der Waals surface area contributed by atoms with Crippen LogP contribution in [0.5, 0.6) is 5.88 Å². The van der Waals surface area contributed by atoms with E-state index in [-0.39, 0.29) is 0 Å². The maximum Gasteiger partial charge on any atom is 0.221 e. The van der Waals surface area contributed by atoms with Crippen molar-refractivity contribution in [2.75, 3.05) is 18.5 Å². The van der Waals surface area contributed by atoms with Crippen LogP contribution in [-0.4, -0.2) is 23.1 Å². The topological polar surface area (TPSA) is 47.0 Å². The highest BCUT2D eigenvalue weighted by molar-refractivity contribution is 5.48. The van der Waals surface area contributed by atoms with Crippen LogP contribution in [0.15, 0.2) is 0 Å². The molecule has 4 nitrogen and oxygen atoms in total. The van der Waals surface area contributed by atoms with Crippen molar-refractivity contribution >= 4 is 5.82 Å². The molecule has 1 aromatic heterocycles. The van der Waals surface area contributed by atoms with Gasteiger partial charge in [0, 0.05) is 6.54 Å². The maximum atomic E-state index is 5.85. The molecule has 1 fully saturated rings. The largest absolute Gasteiger partial charge is 0.477 e. The summed E-state index contributed by atoms with van der Waals surface area (Å²) in [6, 6.07) is 0. The summed E-state index contributed by atoms with van der Waals surface area (Å²) in [6.07, 6.45) is 6.37. The molecule has 0 aliphatic heterocycles. The fourth-order valence-corrected chi connectivity index (χ4v) is 2.26. The molecule has 1 heterocycles. The van der Waals surface area contributed by atoms with Gasteiger partial charge in [0.1, 0.15) is 11.6 Å². The zero-order valence-corrected chi connectivity index (χ0v) is 12.3. The molecule has 0 atom stereocenters. The average Bonchev–Trinajstić information content (AvgIpc) is 2.34. The lowest BCUT2D eigenvalue weighted by molar-refractivity contribution is 0.216. The van der Waals surface area contributed by atoms with Gasteiger partial charge in [-0.05, 0) is 32.6 Å². The second-order valence-corrected chi connectivity index (χ2v) is 5.41. The number of aromatic nitrogens is 2. The summed E-state index contributed by atoms with van der Waals surface area (Å²) >= 11 is 0. The first-order valence-corrected chi connectivity index (χ1v) is 7.42. The summed E-state index contributed by atoms with van der Waals surface area (Å²) in [6.45, 7) is 7.78. The highest BCUT2D eigenvalue weighted by atomic mass is 16.5. The van der Waals surface area contributed by atoms with E-state index >= 15 is 0 Å². The summed E-state index contributed by atoms with van der Waals surface area (Å²) in [7, 11) is 0. The first-order valence-electron chi connectivity index (χ1n) is 7.42. The van der Waals surface area contributed by atoms with E-state index in [4.69, 9.17) is 4.74 Å². The number of rotatable bonds is 7. The molecule has 1 saturated carbocycles. The van der Waals surface area contributed by atoms with Crippen LogP contribution in [0.25, 0.3) is 0 Å². The molecule has 0 unspecified atom stereocenters. The van der Waals surface area contributed by atoms with Gasteiger partial charge in [0.05, 0.1) is 12.2 Å². The molecular weight excluding hydrogens is 238 g/mol. The van der Waals surface area contributed by atoms with Crippen LogP contribution in [0, 0.1) is 19.8 Å². The van der Waals surface area contributed by atoms with Crippen molar-refractivity contribution < 1.29 is 4.74 Å². The summed E-state index contributed by atoms with van der Waals surface area (Å²) in [5.74, 6) is 3.29. The number of nitrogens with zero attached hydrogens (tertiary/aromatic N) is 2. The smallest absolute Gasteiger partial charge is 0.221 e. The van der Waals surface area contributed by atoms with E-state index in [0.717, 1.165) is 55.0 Å². The average molecular weight is 263 g/mol. The van der Waals surface area contributed by atoms with Crippen molar-refractivity contribution in [3.63, 3.8) is 0 Å². The second kappa shape index (κ2) is 6.73. The molecule has 1 aliphatic carbocycles. The third-order valence-electron chi connectivity index (χ3n) is 3.75. The highest BCUT2D eigenvalue weighted by Gasteiger charge is 2.17. The summed E-state index contributed by atoms with van der Waals surface area (Å²) < 4.78 is 5.85. The number of hydrogen-bond donors (Lipinski definition) is 1. The molecule has 1 aromatic rings. The number of hydrogen-bond acceptors (Lipinski definition) is 4. The van der Waals surface area contributed by atoms with E-state index in [0.29, 0.717) is 0 Å². The third-order valence-corrected chi connectivity index (χ3v) is 3.75. The summed E-state index contributed by atoms with van der Waals surface area (Å²) in [5, 5.41) is 3.33. The lowest BCUT2D eigenvalue weighted by Gasteiger charge is -2.25. The molecule has 106 valence electrons. The van der Waals surface area contributed by atoms with Crippen molar-refractivity contribution in [3.8, 4) is 5.88 Å². The predicted octanol–water partition coefficient (Wildman–Crippen LogP) is 3.48. The first-order chi connectivity index (χ1) is 9.20. The predicted molar refractivity (Wildman–Crippen MR) is 77.7 cm³/mol. The van der Waals surface area contributed by atoms with Gasteiger partial charge in [-0.2, -0.15) is 4.98 Å². The van der Waals surface area contributed by atoms with Crippen molar-refractivity contribution in [1.82, 2.24) is 9.97 Å². The number of nitrogens with one attached hydrogen (secondary N) is 1. The summed E-state index contributed by atoms with van der Waals surface area (Å²) in [4.78, 5) is 8.85. The molecule has 1 aliphatic rings.